The van der Waals surface area contributed by atoms with Gasteiger partial charge in [-0.05, 0) is 31.4 Å². The highest BCUT2D eigenvalue weighted by molar-refractivity contribution is 5.39. The van der Waals surface area contributed by atoms with E-state index in [0.717, 1.165) is 17.1 Å². The summed E-state index contributed by atoms with van der Waals surface area (Å²) in [6, 6.07) is 5.86. The summed E-state index contributed by atoms with van der Waals surface area (Å²) < 4.78 is 16.3. The Morgan fingerprint density at radius 2 is 2.06 bits per heavy atom. The maximum atomic E-state index is 5.58. The molecule has 0 N–H and O–H groups in total. The summed E-state index contributed by atoms with van der Waals surface area (Å²) in [6.45, 7) is 3.28. The lowest BCUT2D eigenvalue weighted by atomic mass is 10.2. The fourth-order valence-electron chi connectivity index (χ4n) is 1.50. The molecule has 3 nitrogen and oxygen atoms in total. The minimum absolute atomic E-state index is 0.496. The van der Waals surface area contributed by atoms with Crippen molar-refractivity contribution in [2.45, 2.75) is 25.9 Å². The Bertz CT molecular complexity index is 345. The van der Waals surface area contributed by atoms with E-state index in [1.54, 1.807) is 7.11 Å². The summed E-state index contributed by atoms with van der Waals surface area (Å²) in [7, 11) is 1.67. The first-order chi connectivity index (χ1) is 7.79. The van der Waals surface area contributed by atoms with E-state index >= 15 is 0 Å². The van der Waals surface area contributed by atoms with E-state index in [1.165, 1.54) is 12.8 Å². The van der Waals surface area contributed by atoms with Gasteiger partial charge in [-0.15, -0.1) is 0 Å². The predicted molar refractivity (Wildman–Crippen MR) is 62.2 cm³/mol. The Kier molecular flexibility index (Phi) is 3.67. The highest BCUT2D eigenvalue weighted by Crippen LogP contribution is 2.25. The molecule has 16 heavy (non-hydrogen) atoms. The normalized spacial score (nSPS) is 14.9. The maximum absolute atomic E-state index is 5.58. The summed E-state index contributed by atoms with van der Waals surface area (Å²) in [6.07, 6.45) is 2.91. The molecule has 88 valence electrons. The van der Waals surface area contributed by atoms with Crippen LogP contribution in [0.3, 0.4) is 0 Å². The first-order valence-corrected chi connectivity index (χ1v) is 5.68. The van der Waals surface area contributed by atoms with Crippen molar-refractivity contribution in [3.8, 4) is 11.5 Å². The fourth-order valence-corrected chi connectivity index (χ4v) is 1.50. The Morgan fingerprint density at radius 3 is 2.75 bits per heavy atom. The molecule has 0 atom stereocenters. The molecule has 1 aromatic carbocycles. The minimum Gasteiger partial charge on any atom is -0.496 e. The van der Waals surface area contributed by atoms with Gasteiger partial charge in [-0.2, -0.15) is 0 Å². The zero-order chi connectivity index (χ0) is 11.4. The van der Waals surface area contributed by atoms with E-state index in [0.29, 0.717) is 19.3 Å². The Labute approximate surface area is 96.3 Å². The predicted octanol–water partition coefficient (Wildman–Crippen LogP) is 2.56. The number of ether oxygens (including phenoxy) is 3. The first kappa shape index (κ1) is 11.3. The van der Waals surface area contributed by atoms with Gasteiger partial charge in [0.05, 0.1) is 19.8 Å². The van der Waals surface area contributed by atoms with E-state index in [-0.39, 0.29) is 0 Å². The number of aryl methyl sites for hydroxylation is 1. The van der Waals surface area contributed by atoms with E-state index in [9.17, 15) is 0 Å². The molecule has 0 spiro atoms. The molecule has 1 fully saturated rings. The molecule has 0 heterocycles. The summed E-state index contributed by atoms with van der Waals surface area (Å²) in [5, 5.41) is 0. The topological polar surface area (TPSA) is 27.7 Å². The highest BCUT2D eigenvalue weighted by atomic mass is 16.5. The largest absolute Gasteiger partial charge is 0.496 e. The molecular formula is C13H18O3. The van der Waals surface area contributed by atoms with E-state index < -0.39 is 0 Å². The number of hydrogen-bond donors (Lipinski definition) is 0. The van der Waals surface area contributed by atoms with Crippen LogP contribution >= 0.6 is 0 Å². The summed E-state index contributed by atoms with van der Waals surface area (Å²) in [5.74, 6) is 1.70. The number of benzene rings is 1. The Balaban J connectivity index is 1.78. The van der Waals surface area contributed by atoms with Gasteiger partial charge in [-0.25, -0.2) is 0 Å². The molecule has 3 heteroatoms. The van der Waals surface area contributed by atoms with Crippen molar-refractivity contribution in [1.82, 2.24) is 0 Å². The van der Waals surface area contributed by atoms with Gasteiger partial charge in [0.2, 0.25) is 0 Å². The molecular weight excluding hydrogens is 204 g/mol. The lowest BCUT2D eigenvalue weighted by Gasteiger charge is -2.09. The standard InChI is InChI=1S/C13H18O3/c1-10-3-4-12(9-13(10)14-2)16-8-7-15-11-5-6-11/h3-4,9,11H,5-8H2,1-2H3. The van der Waals surface area contributed by atoms with Crippen molar-refractivity contribution >= 4 is 0 Å². The van der Waals surface area contributed by atoms with E-state index in [4.69, 9.17) is 14.2 Å². The van der Waals surface area contributed by atoms with Gasteiger partial charge in [0.15, 0.2) is 0 Å². The van der Waals surface area contributed by atoms with Crippen LogP contribution in [0.5, 0.6) is 11.5 Å². The quantitative estimate of drug-likeness (QED) is 0.692. The smallest absolute Gasteiger partial charge is 0.125 e. The lowest BCUT2D eigenvalue weighted by Crippen LogP contribution is -2.07. The van der Waals surface area contributed by atoms with Crippen molar-refractivity contribution in [2.75, 3.05) is 20.3 Å². The minimum atomic E-state index is 0.496. The zero-order valence-corrected chi connectivity index (χ0v) is 9.86. The van der Waals surface area contributed by atoms with Crippen molar-refractivity contribution < 1.29 is 14.2 Å². The van der Waals surface area contributed by atoms with Gasteiger partial charge in [0, 0.05) is 6.07 Å². The van der Waals surface area contributed by atoms with Crippen molar-refractivity contribution in [3.63, 3.8) is 0 Å². The first-order valence-electron chi connectivity index (χ1n) is 5.68. The van der Waals surface area contributed by atoms with Gasteiger partial charge in [-0.1, -0.05) is 6.07 Å². The fraction of sp³-hybridized carbons (Fsp3) is 0.538. The van der Waals surface area contributed by atoms with Gasteiger partial charge in [0.25, 0.3) is 0 Å². The second-order valence-corrected chi connectivity index (χ2v) is 4.05. The molecule has 1 aliphatic carbocycles. The van der Waals surface area contributed by atoms with E-state index in [1.807, 2.05) is 25.1 Å². The van der Waals surface area contributed by atoms with Crippen molar-refractivity contribution in [1.29, 1.82) is 0 Å². The third-order valence-corrected chi connectivity index (χ3v) is 2.61. The average molecular weight is 222 g/mol. The molecule has 0 aliphatic heterocycles. The lowest BCUT2D eigenvalue weighted by molar-refractivity contribution is 0.0880. The molecule has 0 unspecified atom stereocenters. The average Bonchev–Trinajstić information content (AvgIpc) is 3.10. The molecule has 2 rings (SSSR count). The number of methoxy groups -OCH3 is 1. The van der Waals surface area contributed by atoms with Gasteiger partial charge < -0.3 is 14.2 Å². The SMILES string of the molecule is COc1cc(OCCOC2CC2)ccc1C. The molecule has 0 aromatic heterocycles. The van der Waals surface area contributed by atoms with Gasteiger partial charge in [-0.3, -0.25) is 0 Å². The molecule has 0 saturated heterocycles. The Morgan fingerprint density at radius 1 is 1.25 bits per heavy atom. The summed E-state index contributed by atoms with van der Waals surface area (Å²) in [5.41, 5.74) is 1.11. The molecule has 1 saturated carbocycles. The summed E-state index contributed by atoms with van der Waals surface area (Å²) >= 11 is 0. The van der Waals surface area contributed by atoms with Crippen LogP contribution < -0.4 is 9.47 Å². The van der Waals surface area contributed by atoms with Crippen LogP contribution in [0.15, 0.2) is 18.2 Å². The van der Waals surface area contributed by atoms with Crippen LogP contribution in [0.1, 0.15) is 18.4 Å². The van der Waals surface area contributed by atoms with Crippen LogP contribution in [0.4, 0.5) is 0 Å². The molecule has 0 bridgehead atoms. The van der Waals surface area contributed by atoms with Gasteiger partial charge in [0.1, 0.15) is 18.1 Å². The number of hydrogen-bond acceptors (Lipinski definition) is 3. The molecule has 1 aliphatic rings. The maximum Gasteiger partial charge on any atom is 0.125 e. The van der Waals surface area contributed by atoms with Crippen LogP contribution in [0.25, 0.3) is 0 Å². The molecule has 1 aromatic rings. The zero-order valence-electron chi connectivity index (χ0n) is 9.86. The van der Waals surface area contributed by atoms with Crippen molar-refractivity contribution in [3.05, 3.63) is 23.8 Å². The number of rotatable bonds is 6. The van der Waals surface area contributed by atoms with Crippen LogP contribution in [-0.2, 0) is 4.74 Å². The Hall–Kier alpha value is -1.22. The monoisotopic (exact) mass is 222 g/mol. The third kappa shape index (κ3) is 3.14. The summed E-state index contributed by atoms with van der Waals surface area (Å²) in [4.78, 5) is 0. The van der Waals surface area contributed by atoms with E-state index in [2.05, 4.69) is 0 Å². The molecule has 0 amide bonds. The van der Waals surface area contributed by atoms with Crippen LogP contribution in [-0.4, -0.2) is 26.4 Å². The van der Waals surface area contributed by atoms with Crippen LogP contribution in [0, 0.1) is 6.92 Å². The van der Waals surface area contributed by atoms with Crippen molar-refractivity contribution in [2.24, 2.45) is 0 Å². The molecule has 0 radical (unpaired) electrons. The highest BCUT2D eigenvalue weighted by Gasteiger charge is 2.21. The third-order valence-electron chi connectivity index (χ3n) is 2.61. The second-order valence-electron chi connectivity index (χ2n) is 4.05. The second kappa shape index (κ2) is 5.21. The van der Waals surface area contributed by atoms with Gasteiger partial charge >= 0.3 is 0 Å². The van der Waals surface area contributed by atoms with Crippen LogP contribution in [0.2, 0.25) is 0 Å².